The molecular formula is C29H17BN2. The third-order valence-corrected chi connectivity index (χ3v) is 6.19. The molecule has 0 aliphatic heterocycles. The van der Waals surface area contributed by atoms with Crippen LogP contribution in [-0.4, -0.2) is 7.85 Å². The van der Waals surface area contributed by atoms with Crippen LogP contribution in [0.5, 0.6) is 0 Å². The van der Waals surface area contributed by atoms with Gasteiger partial charge in [-0.05, 0) is 69.4 Å². The molecule has 3 heteroatoms. The van der Waals surface area contributed by atoms with E-state index in [0.717, 1.165) is 27.9 Å². The van der Waals surface area contributed by atoms with Crippen molar-refractivity contribution >= 4 is 62.7 Å². The molecule has 0 heterocycles. The van der Waals surface area contributed by atoms with Gasteiger partial charge in [0.15, 0.2) is 0 Å². The average Bonchev–Trinajstić information content (AvgIpc) is 2.85. The zero-order valence-corrected chi connectivity index (χ0v) is 17.3. The van der Waals surface area contributed by atoms with Gasteiger partial charge in [-0.2, -0.15) is 5.26 Å². The first-order valence-corrected chi connectivity index (χ1v) is 10.6. The average molecular weight is 404 g/mol. The molecule has 0 aliphatic rings. The Kier molecular flexibility index (Phi) is 4.13. The first-order valence-electron chi connectivity index (χ1n) is 10.6. The number of anilines is 3. The van der Waals surface area contributed by atoms with Crippen LogP contribution in [-0.2, 0) is 0 Å². The van der Waals surface area contributed by atoms with Crippen LogP contribution < -0.4 is 10.4 Å². The Morgan fingerprint density at radius 2 is 1.19 bits per heavy atom. The van der Waals surface area contributed by atoms with Gasteiger partial charge in [-0.3, -0.25) is 0 Å². The number of hydrogen-bond donors (Lipinski definition) is 0. The first kappa shape index (κ1) is 18.5. The number of benzene rings is 6. The van der Waals surface area contributed by atoms with Gasteiger partial charge in [-0.25, -0.2) is 0 Å². The van der Waals surface area contributed by atoms with Crippen LogP contribution in [0.2, 0.25) is 0 Å². The van der Waals surface area contributed by atoms with E-state index < -0.39 is 0 Å². The van der Waals surface area contributed by atoms with E-state index in [-0.39, 0.29) is 0 Å². The molecule has 32 heavy (non-hydrogen) atoms. The number of rotatable bonds is 3. The van der Waals surface area contributed by atoms with Gasteiger partial charge >= 0.3 is 0 Å². The van der Waals surface area contributed by atoms with Crippen LogP contribution in [0.1, 0.15) is 5.56 Å². The molecule has 0 amide bonds. The topological polar surface area (TPSA) is 27.0 Å². The van der Waals surface area contributed by atoms with E-state index in [4.69, 9.17) is 7.85 Å². The van der Waals surface area contributed by atoms with Gasteiger partial charge in [0.2, 0.25) is 0 Å². The summed E-state index contributed by atoms with van der Waals surface area (Å²) in [5, 5.41) is 16.3. The predicted octanol–water partition coefficient (Wildman–Crippen LogP) is 6.72. The Balaban J connectivity index is 1.70. The smallest absolute Gasteiger partial charge is 0.114 e. The molecule has 0 aliphatic carbocycles. The van der Waals surface area contributed by atoms with Crippen molar-refractivity contribution in [2.75, 3.05) is 4.90 Å². The van der Waals surface area contributed by atoms with E-state index in [9.17, 15) is 5.26 Å². The molecule has 146 valence electrons. The minimum absolute atomic E-state index is 0.646. The molecule has 0 aromatic heterocycles. The second-order valence-electron chi connectivity index (χ2n) is 7.99. The van der Waals surface area contributed by atoms with Crippen LogP contribution >= 0.6 is 0 Å². The quantitative estimate of drug-likeness (QED) is 0.242. The lowest BCUT2D eigenvalue weighted by Gasteiger charge is -2.27. The molecule has 0 saturated heterocycles. The summed E-state index contributed by atoms with van der Waals surface area (Å²) in [6, 6.07) is 37.3. The molecular weight excluding hydrogens is 387 g/mol. The third-order valence-electron chi connectivity index (χ3n) is 6.19. The zero-order chi connectivity index (χ0) is 21.7. The first-order chi connectivity index (χ1) is 15.7. The predicted molar refractivity (Wildman–Crippen MR) is 135 cm³/mol. The summed E-state index contributed by atoms with van der Waals surface area (Å²) < 4.78 is 0. The second-order valence-corrected chi connectivity index (χ2v) is 7.99. The van der Waals surface area contributed by atoms with Gasteiger partial charge in [0.1, 0.15) is 7.85 Å². The van der Waals surface area contributed by atoms with E-state index in [1.807, 2.05) is 48.5 Å². The highest BCUT2D eigenvalue weighted by molar-refractivity contribution is 6.42. The molecule has 2 nitrogen and oxygen atoms in total. The fourth-order valence-corrected chi connectivity index (χ4v) is 4.69. The van der Waals surface area contributed by atoms with E-state index >= 15 is 0 Å². The summed E-state index contributed by atoms with van der Waals surface area (Å²) in [6.07, 6.45) is 0. The van der Waals surface area contributed by atoms with Crippen molar-refractivity contribution in [3.63, 3.8) is 0 Å². The van der Waals surface area contributed by atoms with Crippen molar-refractivity contribution in [2.45, 2.75) is 0 Å². The lowest BCUT2D eigenvalue weighted by atomic mass is 9.85. The van der Waals surface area contributed by atoms with Gasteiger partial charge in [-0.1, -0.05) is 66.1 Å². The Labute approximate surface area is 187 Å². The highest BCUT2D eigenvalue weighted by atomic mass is 15.1. The lowest BCUT2D eigenvalue weighted by molar-refractivity contribution is 1.30. The summed E-state index contributed by atoms with van der Waals surface area (Å²) in [5.41, 5.74) is 4.60. The summed E-state index contributed by atoms with van der Waals surface area (Å²) in [5.74, 6) is 0. The molecule has 6 aromatic carbocycles. The van der Waals surface area contributed by atoms with Crippen LogP contribution in [0.25, 0.3) is 32.3 Å². The summed E-state index contributed by atoms with van der Waals surface area (Å²) in [7, 11) is 6.34. The van der Waals surface area contributed by atoms with Gasteiger partial charge in [0.25, 0.3) is 0 Å². The maximum absolute atomic E-state index is 9.25. The Morgan fingerprint density at radius 3 is 1.91 bits per heavy atom. The fourth-order valence-electron chi connectivity index (χ4n) is 4.69. The Hall–Kier alpha value is -4.29. The van der Waals surface area contributed by atoms with Crippen LogP contribution in [0.4, 0.5) is 17.1 Å². The van der Waals surface area contributed by atoms with Crippen LogP contribution in [0.3, 0.4) is 0 Å². The molecule has 0 spiro atoms. The highest BCUT2D eigenvalue weighted by Crippen LogP contribution is 2.43. The van der Waals surface area contributed by atoms with Crippen LogP contribution in [0.15, 0.2) is 103 Å². The van der Waals surface area contributed by atoms with E-state index in [1.54, 1.807) is 0 Å². The molecule has 0 bridgehead atoms. The highest BCUT2D eigenvalue weighted by Gasteiger charge is 2.18. The Morgan fingerprint density at radius 1 is 0.594 bits per heavy atom. The number of nitrogens with zero attached hydrogens (tertiary/aromatic N) is 2. The second kappa shape index (κ2) is 7.15. The summed E-state index contributed by atoms with van der Waals surface area (Å²) in [6.45, 7) is 0. The molecule has 0 atom stereocenters. The molecule has 6 rings (SSSR count). The van der Waals surface area contributed by atoms with Crippen molar-refractivity contribution < 1.29 is 0 Å². The van der Waals surface area contributed by atoms with Gasteiger partial charge in [0, 0.05) is 16.8 Å². The van der Waals surface area contributed by atoms with Crippen molar-refractivity contribution in [2.24, 2.45) is 0 Å². The minimum Gasteiger partial charge on any atom is -0.310 e. The van der Waals surface area contributed by atoms with Crippen molar-refractivity contribution in [3.05, 3.63) is 109 Å². The monoisotopic (exact) mass is 404 g/mol. The molecule has 2 radical (unpaired) electrons. The number of para-hydroxylation sites is 1. The van der Waals surface area contributed by atoms with Crippen molar-refractivity contribution in [1.82, 2.24) is 0 Å². The van der Waals surface area contributed by atoms with Gasteiger partial charge in [-0.15, -0.1) is 0 Å². The zero-order valence-electron chi connectivity index (χ0n) is 17.3. The summed E-state index contributed by atoms with van der Waals surface area (Å²) >= 11 is 0. The SMILES string of the molecule is [B]c1ccc2ccc3c(N(c4ccccc4)c4ccc(C#N)cc4)ccc4ccc1c2c43. The van der Waals surface area contributed by atoms with Crippen molar-refractivity contribution in [3.8, 4) is 6.07 Å². The van der Waals surface area contributed by atoms with Gasteiger partial charge < -0.3 is 4.90 Å². The lowest BCUT2D eigenvalue weighted by Crippen LogP contribution is -2.11. The van der Waals surface area contributed by atoms with Crippen molar-refractivity contribution in [1.29, 1.82) is 5.26 Å². The minimum atomic E-state index is 0.646. The molecule has 0 unspecified atom stereocenters. The Bertz CT molecular complexity index is 1630. The maximum Gasteiger partial charge on any atom is 0.114 e. The molecule has 0 N–H and O–H groups in total. The van der Waals surface area contributed by atoms with E-state index in [2.05, 4.69) is 65.6 Å². The van der Waals surface area contributed by atoms with E-state index in [1.165, 1.54) is 26.9 Å². The standard InChI is InChI=1S/C29H17BN2/c30-26-16-10-20-9-15-25-27(17-11-21-8-14-24(26)28(20)29(21)25)32(22-4-2-1-3-5-22)23-12-6-19(18-31)7-13-23/h1-17H. The molecule has 0 fully saturated rings. The maximum atomic E-state index is 9.25. The number of nitriles is 1. The molecule has 0 saturated carbocycles. The summed E-state index contributed by atoms with van der Waals surface area (Å²) in [4.78, 5) is 2.25. The normalized spacial score (nSPS) is 11.2. The largest absolute Gasteiger partial charge is 0.310 e. The van der Waals surface area contributed by atoms with E-state index in [0.29, 0.717) is 5.56 Å². The van der Waals surface area contributed by atoms with Crippen LogP contribution in [0, 0.1) is 11.3 Å². The van der Waals surface area contributed by atoms with Gasteiger partial charge in [0.05, 0.1) is 17.3 Å². The number of hydrogen-bond acceptors (Lipinski definition) is 2. The fraction of sp³-hybridized carbons (Fsp3) is 0. The third kappa shape index (κ3) is 2.74. The molecule has 6 aromatic rings.